The van der Waals surface area contributed by atoms with Gasteiger partial charge in [0.1, 0.15) is 0 Å². The third-order valence-corrected chi connectivity index (χ3v) is 3.20. The Kier molecular flexibility index (Phi) is 5.40. The predicted octanol–water partition coefficient (Wildman–Crippen LogP) is 3.46. The van der Waals surface area contributed by atoms with Crippen molar-refractivity contribution in [3.8, 4) is 0 Å². The van der Waals surface area contributed by atoms with Gasteiger partial charge in [-0.1, -0.05) is 60.1 Å². The van der Waals surface area contributed by atoms with Crippen LogP contribution in [0.4, 0.5) is 0 Å². The van der Waals surface area contributed by atoms with Gasteiger partial charge in [-0.05, 0) is 17.2 Å². The van der Waals surface area contributed by atoms with E-state index in [-0.39, 0.29) is 0 Å². The van der Waals surface area contributed by atoms with Crippen LogP contribution < -0.4 is 0 Å². The van der Waals surface area contributed by atoms with E-state index in [1.54, 1.807) is 0 Å². The summed E-state index contributed by atoms with van der Waals surface area (Å²) in [6.07, 6.45) is -0.0299. The van der Waals surface area contributed by atoms with Gasteiger partial charge < -0.3 is 9.84 Å². The first kappa shape index (κ1) is 14.1. The van der Waals surface area contributed by atoms with Gasteiger partial charge in [0.15, 0.2) is 0 Å². The van der Waals surface area contributed by atoms with E-state index in [2.05, 4.69) is 0 Å². The molecule has 1 atom stereocenters. The molecule has 3 heteroatoms. The smallest absolute Gasteiger partial charge is 0.0814 e. The van der Waals surface area contributed by atoms with Gasteiger partial charge in [0, 0.05) is 11.4 Å². The van der Waals surface area contributed by atoms with E-state index in [0.717, 1.165) is 11.1 Å². The molecule has 2 aromatic carbocycles. The van der Waals surface area contributed by atoms with Gasteiger partial charge in [-0.3, -0.25) is 0 Å². The SMILES string of the molecule is O[C@H](COCc1ccccc1)Cc1ccccc1Cl. The topological polar surface area (TPSA) is 29.5 Å². The Bertz CT molecular complexity index is 499. The van der Waals surface area contributed by atoms with Crippen LogP contribution in [-0.4, -0.2) is 17.8 Å². The molecular weight excluding hydrogens is 260 g/mol. The molecule has 0 aromatic heterocycles. The summed E-state index contributed by atoms with van der Waals surface area (Å²) in [5, 5.41) is 10.6. The van der Waals surface area contributed by atoms with Crippen molar-refractivity contribution in [2.45, 2.75) is 19.1 Å². The lowest BCUT2D eigenvalue weighted by molar-refractivity contribution is 0.0289. The van der Waals surface area contributed by atoms with Crippen LogP contribution in [0.3, 0.4) is 0 Å². The maximum Gasteiger partial charge on any atom is 0.0814 e. The summed E-state index contributed by atoms with van der Waals surface area (Å²) in [7, 11) is 0. The lowest BCUT2D eigenvalue weighted by atomic mass is 10.1. The largest absolute Gasteiger partial charge is 0.390 e. The van der Waals surface area contributed by atoms with Gasteiger partial charge >= 0.3 is 0 Å². The van der Waals surface area contributed by atoms with E-state index in [0.29, 0.717) is 24.7 Å². The maximum absolute atomic E-state index is 9.92. The van der Waals surface area contributed by atoms with Crippen LogP contribution >= 0.6 is 11.6 Å². The van der Waals surface area contributed by atoms with Crippen molar-refractivity contribution < 1.29 is 9.84 Å². The van der Waals surface area contributed by atoms with E-state index in [4.69, 9.17) is 16.3 Å². The van der Waals surface area contributed by atoms with Gasteiger partial charge in [-0.15, -0.1) is 0 Å². The van der Waals surface area contributed by atoms with E-state index >= 15 is 0 Å². The first-order valence-corrected chi connectivity index (χ1v) is 6.66. The molecule has 0 aliphatic rings. The molecule has 2 nitrogen and oxygen atoms in total. The Morgan fingerprint density at radius 3 is 2.42 bits per heavy atom. The molecule has 0 heterocycles. The van der Waals surface area contributed by atoms with Gasteiger partial charge in [0.05, 0.1) is 19.3 Å². The number of benzene rings is 2. The third kappa shape index (κ3) is 4.67. The normalized spacial score (nSPS) is 12.3. The first-order chi connectivity index (χ1) is 9.25. The summed E-state index contributed by atoms with van der Waals surface area (Å²) in [5.74, 6) is 0. The molecule has 100 valence electrons. The number of ether oxygens (including phenoxy) is 1. The van der Waals surface area contributed by atoms with Crippen LogP contribution in [0, 0.1) is 0 Å². The fraction of sp³-hybridized carbons (Fsp3) is 0.250. The molecular formula is C16H17ClO2. The molecule has 0 aliphatic heterocycles. The molecule has 19 heavy (non-hydrogen) atoms. The van der Waals surface area contributed by atoms with Crippen molar-refractivity contribution in [3.05, 3.63) is 70.7 Å². The highest BCUT2D eigenvalue weighted by molar-refractivity contribution is 6.31. The highest BCUT2D eigenvalue weighted by atomic mass is 35.5. The Hall–Kier alpha value is -1.35. The Labute approximate surface area is 118 Å². The second kappa shape index (κ2) is 7.29. The van der Waals surface area contributed by atoms with E-state index < -0.39 is 6.10 Å². The molecule has 2 rings (SSSR count). The van der Waals surface area contributed by atoms with Crippen molar-refractivity contribution >= 4 is 11.6 Å². The van der Waals surface area contributed by atoms with Crippen LogP contribution in [-0.2, 0) is 17.8 Å². The predicted molar refractivity (Wildman–Crippen MR) is 77.3 cm³/mol. The minimum atomic E-state index is -0.538. The number of hydrogen-bond donors (Lipinski definition) is 1. The quantitative estimate of drug-likeness (QED) is 0.875. The van der Waals surface area contributed by atoms with Crippen molar-refractivity contribution in [2.24, 2.45) is 0 Å². The fourth-order valence-electron chi connectivity index (χ4n) is 1.86. The lowest BCUT2D eigenvalue weighted by Gasteiger charge is -2.12. The van der Waals surface area contributed by atoms with Crippen LogP contribution in [0.2, 0.25) is 5.02 Å². The molecule has 0 unspecified atom stereocenters. The minimum Gasteiger partial charge on any atom is -0.390 e. The molecule has 0 aliphatic carbocycles. The summed E-state index contributed by atoms with van der Waals surface area (Å²) < 4.78 is 5.50. The third-order valence-electron chi connectivity index (χ3n) is 2.84. The van der Waals surface area contributed by atoms with Crippen molar-refractivity contribution in [1.29, 1.82) is 0 Å². The lowest BCUT2D eigenvalue weighted by Crippen LogP contribution is -2.18. The molecule has 0 spiro atoms. The molecule has 1 N–H and O–H groups in total. The molecule has 0 saturated carbocycles. The molecule has 0 saturated heterocycles. The summed E-state index contributed by atoms with van der Waals surface area (Å²) >= 11 is 6.05. The van der Waals surface area contributed by atoms with Crippen LogP contribution in [0.25, 0.3) is 0 Å². The zero-order chi connectivity index (χ0) is 13.5. The number of rotatable bonds is 6. The van der Waals surface area contributed by atoms with Crippen molar-refractivity contribution in [2.75, 3.05) is 6.61 Å². The Balaban J connectivity index is 1.76. The van der Waals surface area contributed by atoms with Crippen LogP contribution in [0.1, 0.15) is 11.1 Å². The van der Waals surface area contributed by atoms with Gasteiger partial charge in [0.2, 0.25) is 0 Å². The zero-order valence-electron chi connectivity index (χ0n) is 10.6. The molecule has 0 fully saturated rings. The summed E-state index contributed by atoms with van der Waals surface area (Å²) in [6, 6.07) is 17.5. The second-order valence-corrected chi connectivity index (χ2v) is 4.86. The molecule has 0 radical (unpaired) electrons. The van der Waals surface area contributed by atoms with Crippen molar-refractivity contribution in [1.82, 2.24) is 0 Å². The number of hydrogen-bond acceptors (Lipinski definition) is 2. The van der Waals surface area contributed by atoms with Gasteiger partial charge in [0.25, 0.3) is 0 Å². The zero-order valence-corrected chi connectivity index (χ0v) is 11.4. The highest BCUT2D eigenvalue weighted by Gasteiger charge is 2.08. The molecule has 2 aromatic rings. The van der Waals surface area contributed by atoms with E-state index in [1.165, 1.54) is 0 Å². The van der Waals surface area contributed by atoms with Crippen LogP contribution in [0.15, 0.2) is 54.6 Å². The minimum absolute atomic E-state index is 0.306. The molecule has 0 bridgehead atoms. The first-order valence-electron chi connectivity index (χ1n) is 6.29. The van der Waals surface area contributed by atoms with Gasteiger partial charge in [-0.2, -0.15) is 0 Å². The second-order valence-electron chi connectivity index (χ2n) is 4.45. The van der Waals surface area contributed by atoms with Crippen molar-refractivity contribution in [3.63, 3.8) is 0 Å². The highest BCUT2D eigenvalue weighted by Crippen LogP contribution is 2.16. The monoisotopic (exact) mass is 276 g/mol. The number of aliphatic hydroxyl groups is 1. The van der Waals surface area contributed by atoms with Gasteiger partial charge in [-0.25, -0.2) is 0 Å². The summed E-state index contributed by atoms with van der Waals surface area (Å²) in [5.41, 5.74) is 2.05. The average molecular weight is 277 g/mol. The average Bonchev–Trinajstić information content (AvgIpc) is 2.43. The summed E-state index contributed by atoms with van der Waals surface area (Å²) in [6.45, 7) is 0.820. The van der Waals surface area contributed by atoms with Crippen LogP contribution in [0.5, 0.6) is 0 Å². The Morgan fingerprint density at radius 2 is 1.68 bits per heavy atom. The number of halogens is 1. The fourth-order valence-corrected chi connectivity index (χ4v) is 2.08. The standard InChI is InChI=1S/C16H17ClO2/c17-16-9-5-4-8-14(16)10-15(18)12-19-11-13-6-2-1-3-7-13/h1-9,15,18H,10-12H2/t15-/m0/s1. The Morgan fingerprint density at radius 1 is 1.00 bits per heavy atom. The summed E-state index contributed by atoms with van der Waals surface area (Å²) in [4.78, 5) is 0. The van der Waals surface area contributed by atoms with E-state index in [1.807, 2.05) is 54.6 Å². The van der Waals surface area contributed by atoms with E-state index in [9.17, 15) is 5.11 Å². The molecule has 0 amide bonds. The number of aliphatic hydroxyl groups excluding tert-OH is 1. The maximum atomic E-state index is 9.92.